The molecule has 130 valence electrons. The Bertz CT molecular complexity index is 305. The monoisotopic (exact) mass is 334 g/mol. The largest absolute Gasteiger partial charge is 0.466 e. The number of alkyl halides is 1. The predicted molar refractivity (Wildman–Crippen MR) is 89.0 cm³/mol. The number of esters is 2. The van der Waals surface area contributed by atoms with Gasteiger partial charge in [-0.2, -0.15) is 0 Å². The maximum absolute atomic E-state index is 11.7. The fraction of sp³-hybridized carbons (Fsp3) is 0.882. The van der Waals surface area contributed by atoms with Crippen molar-refractivity contribution in [1.82, 2.24) is 0 Å². The van der Waals surface area contributed by atoms with Gasteiger partial charge in [-0.05, 0) is 18.8 Å². The Balaban J connectivity index is 3.75. The molecule has 0 spiro atoms. The maximum Gasteiger partial charge on any atom is 0.309 e. The first kappa shape index (κ1) is 21.2. The van der Waals surface area contributed by atoms with Crippen LogP contribution in [0.2, 0.25) is 0 Å². The standard InChI is InChI=1S/C17H31ClO4/c1-4-5-10-16(19)22-15(13-18)12-17(20)21-11-8-6-7-9-14(2)3/h14-15H,4-13H2,1-3H3. The highest BCUT2D eigenvalue weighted by Crippen LogP contribution is 2.09. The first-order valence-electron chi connectivity index (χ1n) is 8.40. The van der Waals surface area contributed by atoms with Gasteiger partial charge in [-0.15, -0.1) is 11.6 Å². The minimum Gasteiger partial charge on any atom is -0.466 e. The highest BCUT2D eigenvalue weighted by atomic mass is 35.5. The van der Waals surface area contributed by atoms with Gasteiger partial charge in [0.2, 0.25) is 0 Å². The van der Waals surface area contributed by atoms with E-state index >= 15 is 0 Å². The summed E-state index contributed by atoms with van der Waals surface area (Å²) in [4.78, 5) is 23.2. The van der Waals surface area contributed by atoms with Crippen LogP contribution in [0.1, 0.15) is 72.1 Å². The van der Waals surface area contributed by atoms with E-state index in [-0.39, 0.29) is 24.2 Å². The van der Waals surface area contributed by atoms with E-state index in [9.17, 15) is 9.59 Å². The molecule has 0 aliphatic heterocycles. The van der Waals surface area contributed by atoms with E-state index in [1.165, 1.54) is 6.42 Å². The van der Waals surface area contributed by atoms with Gasteiger partial charge in [0.1, 0.15) is 6.10 Å². The van der Waals surface area contributed by atoms with Crippen LogP contribution in [0.15, 0.2) is 0 Å². The molecule has 4 nitrogen and oxygen atoms in total. The summed E-state index contributed by atoms with van der Waals surface area (Å²) in [7, 11) is 0. The Morgan fingerprint density at radius 3 is 2.36 bits per heavy atom. The van der Waals surface area contributed by atoms with Gasteiger partial charge in [0.15, 0.2) is 0 Å². The molecule has 0 aliphatic rings. The number of halogens is 1. The lowest BCUT2D eigenvalue weighted by Gasteiger charge is -2.14. The third-order valence-corrected chi connectivity index (χ3v) is 3.63. The Kier molecular flexibility index (Phi) is 13.4. The van der Waals surface area contributed by atoms with Crippen molar-refractivity contribution in [3.8, 4) is 0 Å². The minimum atomic E-state index is -0.584. The summed E-state index contributed by atoms with van der Waals surface area (Å²) in [6.07, 6.45) is 5.84. The van der Waals surface area contributed by atoms with Crippen LogP contribution >= 0.6 is 11.6 Å². The molecule has 0 fully saturated rings. The zero-order valence-electron chi connectivity index (χ0n) is 14.2. The second kappa shape index (κ2) is 13.9. The van der Waals surface area contributed by atoms with Crippen LogP contribution in [-0.2, 0) is 19.1 Å². The molecule has 0 rings (SSSR count). The van der Waals surface area contributed by atoms with Crippen molar-refractivity contribution in [3.63, 3.8) is 0 Å². The van der Waals surface area contributed by atoms with E-state index in [0.717, 1.165) is 38.0 Å². The normalized spacial score (nSPS) is 12.2. The number of ether oxygens (including phenoxy) is 2. The van der Waals surface area contributed by atoms with Crippen molar-refractivity contribution in [3.05, 3.63) is 0 Å². The van der Waals surface area contributed by atoms with Crippen LogP contribution in [0, 0.1) is 5.92 Å². The van der Waals surface area contributed by atoms with E-state index in [2.05, 4.69) is 13.8 Å². The topological polar surface area (TPSA) is 52.6 Å². The Hall–Kier alpha value is -0.770. The summed E-state index contributed by atoms with van der Waals surface area (Å²) >= 11 is 5.74. The molecule has 1 atom stereocenters. The van der Waals surface area contributed by atoms with Gasteiger partial charge in [0.05, 0.1) is 18.9 Å². The van der Waals surface area contributed by atoms with Crippen LogP contribution in [-0.4, -0.2) is 30.5 Å². The number of hydrogen-bond acceptors (Lipinski definition) is 4. The first-order valence-corrected chi connectivity index (χ1v) is 8.94. The van der Waals surface area contributed by atoms with Crippen molar-refractivity contribution in [2.24, 2.45) is 5.92 Å². The molecule has 22 heavy (non-hydrogen) atoms. The van der Waals surface area contributed by atoms with E-state index in [1.54, 1.807) is 0 Å². The summed E-state index contributed by atoms with van der Waals surface area (Å²) in [6.45, 7) is 6.84. The second-order valence-corrected chi connectivity index (χ2v) is 6.35. The van der Waals surface area contributed by atoms with Gasteiger partial charge >= 0.3 is 11.9 Å². The molecule has 0 saturated heterocycles. The Labute approximate surface area is 139 Å². The average Bonchev–Trinajstić information content (AvgIpc) is 2.47. The molecule has 0 amide bonds. The zero-order chi connectivity index (χ0) is 16.8. The number of carbonyl (C=O) groups is 2. The van der Waals surface area contributed by atoms with E-state index in [4.69, 9.17) is 21.1 Å². The van der Waals surface area contributed by atoms with Crippen LogP contribution in [0.25, 0.3) is 0 Å². The van der Waals surface area contributed by atoms with Gasteiger partial charge < -0.3 is 9.47 Å². The SMILES string of the molecule is CCCCC(=O)OC(CCl)CC(=O)OCCCCCC(C)C. The highest BCUT2D eigenvalue weighted by Gasteiger charge is 2.18. The van der Waals surface area contributed by atoms with Gasteiger partial charge in [0.25, 0.3) is 0 Å². The van der Waals surface area contributed by atoms with Crippen LogP contribution in [0.4, 0.5) is 0 Å². The predicted octanol–water partition coefficient (Wildman–Crippen LogP) is 4.48. The number of rotatable bonds is 13. The molecule has 0 aromatic rings. The molecule has 0 heterocycles. The van der Waals surface area contributed by atoms with E-state index in [1.807, 2.05) is 6.92 Å². The van der Waals surface area contributed by atoms with Gasteiger partial charge in [0, 0.05) is 6.42 Å². The summed E-state index contributed by atoms with van der Waals surface area (Å²) in [5.74, 6) is 0.183. The molecule has 1 unspecified atom stereocenters. The third-order valence-electron chi connectivity index (χ3n) is 3.29. The maximum atomic E-state index is 11.7. The number of carbonyl (C=O) groups excluding carboxylic acids is 2. The third kappa shape index (κ3) is 12.9. The van der Waals surface area contributed by atoms with Crippen molar-refractivity contribution in [2.75, 3.05) is 12.5 Å². The molecule has 0 N–H and O–H groups in total. The highest BCUT2D eigenvalue weighted by molar-refractivity contribution is 6.18. The number of hydrogen-bond donors (Lipinski definition) is 0. The molecule has 0 aliphatic carbocycles. The summed E-state index contributed by atoms with van der Waals surface area (Å²) in [5, 5.41) is 0. The van der Waals surface area contributed by atoms with Crippen LogP contribution in [0.3, 0.4) is 0 Å². The van der Waals surface area contributed by atoms with Gasteiger partial charge in [-0.3, -0.25) is 9.59 Å². The molecule has 0 radical (unpaired) electrons. The Morgan fingerprint density at radius 2 is 1.77 bits per heavy atom. The average molecular weight is 335 g/mol. The number of unbranched alkanes of at least 4 members (excludes halogenated alkanes) is 3. The second-order valence-electron chi connectivity index (χ2n) is 6.04. The molecular weight excluding hydrogens is 304 g/mol. The van der Waals surface area contributed by atoms with E-state index < -0.39 is 6.10 Å². The lowest BCUT2D eigenvalue weighted by Crippen LogP contribution is -2.24. The summed E-state index contributed by atoms with van der Waals surface area (Å²) in [5.41, 5.74) is 0. The molecule has 5 heteroatoms. The van der Waals surface area contributed by atoms with E-state index in [0.29, 0.717) is 13.0 Å². The lowest BCUT2D eigenvalue weighted by molar-refractivity contribution is -0.154. The molecule has 0 saturated carbocycles. The first-order chi connectivity index (χ1) is 10.5. The quantitative estimate of drug-likeness (QED) is 0.283. The fourth-order valence-corrected chi connectivity index (χ4v) is 2.13. The van der Waals surface area contributed by atoms with Crippen molar-refractivity contribution >= 4 is 23.5 Å². The summed E-state index contributed by atoms with van der Waals surface area (Å²) < 4.78 is 10.3. The van der Waals surface area contributed by atoms with Gasteiger partial charge in [-0.1, -0.05) is 46.5 Å². The molecule has 0 aromatic carbocycles. The molecular formula is C17H31ClO4. The van der Waals surface area contributed by atoms with Crippen molar-refractivity contribution in [1.29, 1.82) is 0 Å². The summed E-state index contributed by atoms with van der Waals surface area (Å²) in [6, 6.07) is 0. The smallest absolute Gasteiger partial charge is 0.309 e. The zero-order valence-corrected chi connectivity index (χ0v) is 15.0. The Morgan fingerprint density at radius 1 is 1.05 bits per heavy atom. The lowest BCUT2D eigenvalue weighted by atomic mass is 10.1. The minimum absolute atomic E-state index is 0.0351. The molecule has 0 aromatic heterocycles. The fourth-order valence-electron chi connectivity index (χ4n) is 1.96. The van der Waals surface area contributed by atoms with Gasteiger partial charge in [-0.25, -0.2) is 0 Å². The van der Waals surface area contributed by atoms with Crippen molar-refractivity contribution < 1.29 is 19.1 Å². The van der Waals surface area contributed by atoms with Crippen molar-refractivity contribution in [2.45, 2.75) is 78.2 Å². The van der Waals surface area contributed by atoms with Crippen LogP contribution in [0.5, 0.6) is 0 Å². The molecule has 0 bridgehead atoms. The van der Waals surface area contributed by atoms with Crippen LogP contribution < -0.4 is 0 Å².